The van der Waals surface area contributed by atoms with E-state index in [-0.39, 0.29) is 25.3 Å². The summed E-state index contributed by atoms with van der Waals surface area (Å²) in [6.45, 7) is 33.0. The lowest BCUT2D eigenvalue weighted by Crippen LogP contribution is -2.29. The summed E-state index contributed by atoms with van der Waals surface area (Å²) in [6.07, 6.45) is 19.2. The van der Waals surface area contributed by atoms with Crippen LogP contribution in [0.2, 0.25) is 0 Å². The fourth-order valence-electron chi connectivity index (χ4n) is 4.30. The molecular formula is C49H79N5O6S. The first-order valence-electron chi connectivity index (χ1n) is 21.0. The fraction of sp³-hybridized carbons (Fsp3) is 0.551. The molecule has 1 N–H and O–H groups in total. The Morgan fingerprint density at radius 1 is 0.754 bits per heavy atom. The van der Waals surface area contributed by atoms with Gasteiger partial charge in [0.15, 0.2) is 18.0 Å². The Labute approximate surface area is 372 Å². The van der Waals surface area contributed by atoms with Crippen LogP contribution in [0, 0.1) is 17.8 Å². The molecule has 5 aromatic rings. The van der Waals surface area contributed by atoms with Crippen molar-refractivity contribution in [1.29, 1.82) is 0 Å². The molecule has 1 aliphatic heterocycles. The highest BCUT2D eigenvalue weighted by Crippen LogP contribution is 2.16. The van der Waals surface area contributed by atoms with Crippen LogP contribution in [0.3, 0.4) is 0 Å². The van der Waals surface area contributed by atoms with Gasteiger partial charge in [-0.1, -0.05) is 110 Å². The number of rotatable bonds is 10. The van der Waals surface area contributed by atoms with E-state index in [9.17, 15) is 9.59 Å². The molecule has 1 aliphatic rings. The van der Waals surface area contributed by atoms with Gasteiger partial charge >= 0.3 is 0 Å². The average Bonchev–Trinajstić information content (AvgIpc) is 4.04. The van der Waals surface area contributed by atoms with Gasteiger partial charge in [-0.3, -0.25) is 14.6 Å². The Morgan fingerprint density at radius 2 is 1.44 bits per heavy atom. The van der Waals surface area contributed by atoms with Gasteiger partial charge in [0.2, 0.25) is 0 Å². The van der Waals surface area contributed by atoms with Crippen molar-refractivity contribution in [2.75, 3.05) is 0 Å². The first-order chi connectivity index (χ1) is 28.3. The van der Waals surface area contributed by atoms with Crippen LogP contribution in [0.5, 0.6) is 0 Å². The predicted octanol–water partition coefficient (Wildman–Crippen LogP) is 14.6. The van der Waals surface area contributed by atoms with E-state index in [0.717, 1.165) is 24.5 Å². The van der Waals surface area contributed by atoms with E-state index in [0.29, 0.717) is 47.1 Å². The van der Waals surface area contributed by atoms with Crippen LogP contribution in [-0.2, 0) is 4.79 Å². The summed E-state index contributed by atoms with van der Waals surface area (Å²) in [4.78, 5) is 38.1. The number of aromatic nitrogens is 3. The Kier molecular flexibility index (Phi) is 32.3. The molecule has 0 aromatic carbocycles. The molecule has 6 heterocycles. The maximum absolute atomic E-state index is 11.1. The number of carbonyl (C=O) groups excluding carboxylic acids is 2. The number of carbonyl (C=O) groups is 2. The topological polar surface area (TPSA) is 150 Å². The number of hydrogen-bond acceptors (Lipinski definition) is 11. The normalized spacial score (nSPS) is 11.2. The number of nitrogens with one attached hydrogen (secondary N) is 1. The second-order valence-corrected chi connectivity index (χ2v) is 17.4. The minimum absolute atomic E-state index is 0. The molecule has 5 aromatic heterocycles. The Hall–Kier alpha value is -4.84. The third kappa shape index (κ3) is 29.1. The average molecular weight is 866 g/mol. The summed E-state index contributed by atoms with van der Waals surface area (Å²) in [5, 5.41) is 5.95. The molecule has 6 rings (SSSR count). The Bertz CT molecular complexity index is 1610. The van der Waals surface area contributed by atoms with E-state index < -0.39 is 0 Å². The smallest absolute Gasteiger partial charge is 0.287 e. The van der Waals surface area contributed by atoms with Crippen molar-refractivity contribution >= 4 is 29.2 Å². The summed E-state index contributed by atoms with van der Waals surface area (Å²) in [6, 6.07) is 5.46. The number of ketones is 1. The monoisotopic (exact) mass is 866 g/mol. The van der Waals surface area contributed by atoms with Crippen LogP contribution in [0.4, 0.5) is 0 Å². The third-order valence-electron chi connectivity index (χ3n) is 7.80. The van der Waals surface area contributed by atoms with Crippen molar-refractivity contribution < 1.29 is 27.3 Å². The van der Waals surface area contributed by atoms with Gasteiger partial charge in [0.05, 0.1) is 36.2 Å². The van der Waals surface area contributed by atoms with Crippen LogP contribution in [0.25, 0.3) is 0 Å². The van der Waals surface area contributed by atoms with Crippen LogP contribution < -0.4 is 5.32 Å². The number of Topliss-reactive ketones (excluding diaryl/α,β-unsaturated/α-hetero) is 1. The van der Waals surface area contributed by atoms with Gasteiger partial charge in [0.1, 0.15) is 17.8 Å². The van der Waals surface area contributed by atoms with E-state index in [2.05, 4.69) is 101 Å². The number of hydrogen-bond donors (Lipinski definition) is 1. The van der Waals surface area contributed by atoms with Crippen LogP contribution in [0.1, 0.15) is 187 Å². The van der Waals surface area contributed by atoms with Crippen molar-refractivity contribution in [3.63, 3.8) is 0 Å². The van der Waals surface area contributed by atoms with Crippen molar-refractivity contribution in [1.82, 2.24) is 20.3 Å². The minimum atomic E-state index is -0.162. The molecule has 12 heteroatoms. The zero-order chi connectivity index (χ0) is 45.6. The van der Waals surface area contributed by atoms with Crippen LogP contribution >= 0.6 is 11.3 Å². The summed E-state index contributed by atoms with van der Waals surface area (Å²) < 4.78 is 19.7. The second kappa shape index (κ2) is 33.8. The van der Waals surface area contributed by atoms with Gasteiger partial charge in [-0.2, -0.15) is 0 Å². The van der Waals surface area contributed by atoms with E-state index >= 15 is 0 Å². The lowest BCUT2D eigenvalue weighted by atomic mass is 9.99. The maximum Gasteiger partial charge on any atom is 0.287 e. The maximum atomic E-state index is 11.1. The molecule has 0 saturated heterocycles. The Balaban J connectivity index is 0. The number of nitrogens with zero attached hydrogens (tertiary/aromatic N) is 4. The van der Waals surface area contributed by atoms with E-state index in [4.69, 9.17) is 17.7 Å². The van der Waals surface area contributed by atoms with Gasteiger partial charge in [-0.05, 0) is 55.4 Å². The lowest BCUT2D eigenvalue weighted by Gasteiger charge is -2.05. The van der Waals surface area contributed by atoms with Crippen molar-refractivity contribution in [2.45, 2.75) is 161 Å². The molecule has 1 amide bonds. The first-order valence-corrected chi connectivity index (χ1v) is 21.9. The quantitative estimate of drug-likeness (QED) is 0.145. The van der Waals surface area contributed by atoms with E-state index in [1.54, 1.807) is 54.7 Å². The molecule has 0 spiro atoms. The summed E-state index contributed by atoms with van der Waals surface area (Å²) >= 11 is 1.72. The SMILES string of the molecule is C.CC(C)C1=CCC=N1.CC(C)CC(=O)C(C)C.CC(C)NC(=O)c1ccco1.CC(C)c1ccoc1.CC(C)c1cnco1.CC(C)c1ncco1.CC(C)c1nccs1. The van der Waals surface area contributed by atoms with Gasteiger partial charge in [0, 0.05) is 66.0 Å². The Morgan fingerprint density at radius 3 is 1.70 bits per heavy atom. The molecule has 0 aliphatic carbocycles. The minimum Gasteiger partial charge on any atom is -0.472 e. The third-order valence-corrected chi connectivity index (χ3v) is 8.88. The number of aliphatic imine (C=N–C) groups is 1. The number of allylic oxidation sites excluding steroid dienone is 2. The molecule has 11 nitrogen and oxygen atoms in total. The van der Waals surface area contributed by atoms with E-state index in [1.807, 2.05) is 65.4 Å². The van der Waals surface area contributed by atoms with Gasteiger partial charge in [-0.25, -0.2) is 15.0 Å². The molecule has 342 valence electrons. The predicted molar refractivity (Wildman–Crippen MR) is 254 cm³/mol. The molecule has 0 bridgehead atoms. The number of thiazole rings is 1. The van der Waals surface area contributed by atoms with Gasteiger partial charge in [0.25, 0.3) is 5.91 Å². The molecule has 0 unspecified atom stereocenters. The zero-order valence-electron chi connectivity index (χ0n) is 39.3. The summed E-state index contributed by atoms with van der Waals surface area (Å²) in [5.74, 6) is 5.72. The van der Waals surface area contributed by atoms with E-state index in [1.165, 1.54) is 28.9 Å². The number of amides is 1. The largest absolute Gasteiger partial charge is 0.472 e. The summed E-state index contributed by atoms with van der Waals surface area (Å²) in [7, 11) is 0. The molecular weight excluding hydrogens is 787 g/mol. The van der Waals surface area contributed by atoms with Gasteiger partial charge < -0.3 is 23.0 Å². The lowest BCUT2D eigenvalue weighted by molar-refractivity contribution is -0.122. The number of furan rings is 2. The van der Waals surface area contributed by atoms with Crippen molar-refractivity contribution in [3.8, 4) is 0 Å². The highest BCUT2D eigenvalue weighted by molar-refractivity contribution is 7.09. The molecule has 0 atom stereocenters. The fourth-order valence-corrected chi connectivity index (χ4v) is 4.96. The molecule has 0 fully saturated rings. The first kappa shape index (κ1) is 58.3. The highest BCUT2D eigenvalue weighted by atomic mass is 32.1. The standard InChI is InChI=1S/C8H11NO2.C8H16O.C7H11N.C7H10O.2C6H9NO.C6H9NS.CH4/c1-6(2)9-8(10)7-4-3-5-11-7;1-6(2)5-8(9)7(3)4;1-6(2)7-4-3-5-8-7;1-6(2)7-3-4-8-5-7;1-5(2)6-3-7-4-8-6;2*1-5(2)6-7-3-4-8-6;/h3-6H,1-2H3,(H,9,10);6-7H,5H2,1-4H3;4-6H,3H2,1-2H3;3-6H,1-2H3;3*3-5H,1-2H3;1H4. The summed E-state index contributed by atoms with van der Waals surface area (Å²) in [5.41, 5.74) is 2.51. The van der Waals surface area contributed by atoms with Crippen molar-refractivity contribution in [2.24, 2.45) is 22.7 Å². The van der Waals surface area contributed by atoms with Crippen LogP contribution in [-0.4, -0.2) is 38.9 Å². The zero-order valence-corrected chi connectivity index (χ0v) is 40.1. The molecule has 0 saturated carbocycles. The second-order valence-electron chi connectivity index (χ2n) is 16.5. The van der Waals surface area contributed by atoms with Crippen molar-refractivity contribution in [3.05, 3.63) is 113 Å². The van der Waals surface area contributed by atoms with Gasteiger partial charge in [-0.15, -0.1) is 11.3 Å². The molecule has 61 heavy (non-hydrogen) atoms. The highest BCUT2D eigenvalue weighted by Gasteiger charge is 2.09. The number of oxazole rings is 2. The van der Waals surface area contributed by atoms with Crippen LogP contribution in [0.15, 0.2) is 108 Å². The molecule has 0 radical (unpaired) electrons.